The van der Waals surface area contributed by atoms with Gasteiger partial charge in [0.2, 0.25) is 0 Å². The Morgan fingerprint density at radius 2 is 1.52 bits per heavy atom. The van der Waals surface area contributed by atoms with Gasteiger partial charge in [0.1, 0.15) is 5.82 Å². The Bertz CT molecular complexity index is 995. The van der Waals surface area contributed by atoms with Gasteiger partial charge in [-0.15, -0.1) is 22.0 Å². The second-order valence-corrected chi connectivity index (χ2v) is 9.01. The number of rotatable bonds is 7. The summed E-state index contributed by atoms with van der Waals surface area (Å²) in [5.41, 5.74) is 3.55. The molecule has 0 radical (unpaired) electrons. The first-order chi connectivity index (χ1) is 14.2. The largest absolute Gasteiger partial charge is 0.273 e. The van der Waals surface area contributed by atoms with Crippen molar-refractivity contribution >= 4 is 35.1 Å². The van der Waals surface area contributed by atoms with Gasteiger partial charge in [0.05, 0.1) is 5.75 Å². The molecule has 0 atom stereocenters. The molecule has 0 amide bonds. The summed E-state index contributed by atoms with van der Waals surface area (Å²) < 4.78 is 2.15. The van der Waals surface area contributed by atoms with Gasteiger partial charge in [-0.2, -0.15) is 0 Å². The minimum absolute atomic E-state index is 0.751. The highest BCUT2D eigenvalue weighted by Crippen LogP contribution is 2.29. The van der Waals surface area contributed by atoms with Crippen LogP contribution in [0, 0.1) is 6.92 Å². The van der Waals surface area contributed by atoms with Crippen molar-refractivity contribution in [2.45, 2.75) is 28.5 Å². The molecule has 3 nitrogen and oxygen atoms in total. The maximum atomic E-state index is 6.00. The lowest BCUT2D eigenvalue weighted by molar-refractivity contribution is 0.864. The number of hydrogen-bond acceptors (Lipinski definition) is 4. The summed E-state index contributed by atoms with van der Waals surface area (Å²) in [4.78, 5) is 1.23. The molecule has 0 bridgehead atoms. The number of hydrogen-bond donors (Lipinski definition) is 0. The molecule has 0 aliphatic carbocycles. The van der Waals surface area contributed by atoms with Crippen LogP contribution < -0.4 is 0 Å². The molecule has 0 saturated heterocycles. The van der Waals surface area contributed by atoms with Crippen LogP contribution in [0.15, 0.2) is 88.9 Å². The van der Waals surface area contributed by atoms with E-state index in [2.05, 4.69) is 58.1 Å². The molecule has 146 valence electrons. The van der Waals surface area contributed by atoms with Gasteiger partial charge in [0.15, 0.2) is 5.16 Å². The van der Waals surface area contributed by atoms with E-state index in [1.807, 2.05) is 42.5 Å². The average Bonchev–Trinajstić information content (AvgIpc) is 3.16. The summed E-state index contributed by atoms with van der Waals surface area (Å²) in [6, 6.07) is 26.8. The highest BCUT2D eigenvalue weighted by atomic mass is 35.5. The van der Waals surface area contributed by atoms with Crippen LogP contribution in [0.1, 0.15) is 17.0 Å². The second kappa shape index (κ2) is 9.53. The quantitative estimate of drug-likeness (QED) is 0.297. The van der Waals surface area contributed by atoms with E-state index in [1.54, 1.807) is 23.5 Å². The van der Waals surface area contributed by atoms with Crippen molar-refractivity contribution in [3.63, 3.8) is 0 Å². The van der Waals surface area contributed by atoms with E-state index in [0.29, 0.717) is 0 Å². The van der Waals surface area contributed by atoms with Gasteiger partial charge >= 0.3 is 0 Å². The number of halogens is 1. The fourth-order valence-electron chi connectivity index (χ4n) is 2.83. The second-order valence-electron chi connectivity index (χ2n) is 6.59. The van der Waals surface area contributed by atoms with Crippen LogP contribution in [-0.2, 0) is 11.5 Å². The summed E-state index contributed by atoms with van der Waals surface area (Å²) in [5, 5.41) is 10.6. The van der Waals surface area contributed by atoms with E-state index in [4.69, 9.17) is 11.6 Å². The number of nitrogens with zero attached hydrogens (tertiary/aromatic N) is 3. The Labute approximate surface area is 184 Å². The molecule has 0 aliphatic rings. The van der Waals surface area contributed by atoms with Gasteiger partial charge in [-0.3, -0.25) is 4.57 Å². The van der Waals surface area contributed by atoms with Crippen molar-refractivity contribution in [2.24, 2.45) is 0 Å². The molecule has 4 rings (SSSR count). The van der Waals surface area contributed by atoms with Crippen LogP contribution in [0.25, 0.3) is 5.69 Å². The monoisotopic (exact) mass is 437 g/mol. The molecule has 0 unspecified atom stereocenters. The van der Waals surface area contributed by atoms with E-state index >= 15 is 0 Å². The summed E-state index contributed by atoms with van der Waals surface area (Å²) in [5.74, 6) is 2.51. The highest BCUT2D eigenvalue weighted by molar-refractivity contribution is 7.98. The van der Waals surface area contributed by atoms with Crippen LogP contribution in [0.2, 0.25) is 5.02 Å². The smallest absolute Gasteiger partial charge is 0.196 e. The molecule has 29 heavy (non-hydrogen) atoms. The summed E-state index contributed by atoms with van der Waals surface area (Å²) in [6.07, 6.45) is 0. The zero-order valence-electron chi connectivity index (χ0n) is 16.0. The highest BCUT2D eigenvalue weighted by Gasteiger charge is 2.15. The third kappa shape index (κ3) is 5.24. The number of thioether (sulfide) groups is 2. The lowest BCUT2D eigenvalue weighted by atomic mass is 10.2. The maximum absolute atomic E-state index is 6.00. The SMILES string of the molecule is Cc1ccc(SCc2nnc(SCc3ccc(Cl)cc3)n2-c2ccccc2)cc1. The minimum Gasteiger partial charge on any atom is -0.273 e. The predicted molar refractivity (Wildman–Crippen MR) is 123 cm³/mol. The van der Waals surface area contributed by atoms with Crippen molar-refractivity contribution < 1.29 is 0 Å². The van der Waals surface area contributed by atoms with Crippen LogP contribution in [0.4, 0.5) is 0 Å². The molecule has 0 N–H and O–H groups in total. The van der Waals surface area contributed by atoms with Crippen molar-refractivity contribution in [2.75, 3.05) is 0 Å². The molecular formula is C23H20ClN3S2. The Kier molecular flexibility index (Phi) is 6.60. The fraction of sp³-hybridized carbons (Fsp3) is 0.130. The molecule has 0 fully saturated rings. The van der Waals surface area contributed by atoms with E-state index in [-0.39, 0.29) is 0 Å². The zero-order chi connectivity index (χ0) is 20.1. The van der Waals surface area contributed by atoms with Crippen LogP contribution in [0.5, 0.6) is 0 Å². The molecule has 1 aromatic heterocycles. The molecule has 6 heteroatoms. The van der Waals surface area contributed by atoms with Crippen LogP contribution >= 0.6 is 35.1 Å². The average molecular weight is 438 g/mol. The first kappa shape index (κ1) is 20.1. The Morgan fingerprint density at radius 1 is 0.793 bits per heavy atom. The Hall–Kier alpha value is -2.21. The molecule has 0 spiro atoms. The topological polar surface area (TPSA) is 30.7 Å². The van der Waals surface area contributed by atoms with Crippen molar-refractivity contribution in [1.29, 1.82) is 0 Å². The standard InChI is InChI=1S/C23H20ClN3S2/c1-17-7-13-21(14-8-17)28-16-22-25-26-23(27(22)20-5-3-2-4-6-20)29-15-18-9-11-19(24)12-10-18/h2-14H,15-16H2,1H3. The number of para-hydroxylation sites is 1. The van der Waals surface area contributed by atoms with Gasteiger partial charge in [0, 0.05) is 21.4 Å². The first-order valence-electron chi connectivity index (χ1n) is 9.25. The molecule has 4 aromatic rings. The van der Waals surface area contributed by atoms with E-state index < -0.39 is 0 Å². The lowest BCUT2D eigenvalue weighted by Gasteiger charge is -2.10. The normalized spacial score (nSPS) is 11.0. The Morgan fingerprint density at radius 3 is 2.24 bits per heavy atom. The summed E-state index contributed by atoms with van der Waals surface area (Å²) >= 11 is 9.45. The van der Waals surface area contributed by atoms with E-state index in [1.165, 1.54) is 16.0 Å². The third-order valence-electron chi connectivity index (χ3n) is 4.38. The molecule has 1 heterocycles. The molecule has 3 aromatic carbocycles. The Balaban J connectivity index is 1.56. The van der Waals surface area contributed by atoms with Gasteiger partial charge < -0.3 is 0 Å². The van der Waals surface area contributed by atoms with Gasteiger partial charge in [-0.05, 0) is 48.9 Å². The number of benzene rings is 3. The maximum Gasteiger partial charge on any atom is 0.196 e. The van der Waals surface area contributed by atoms with Crippen molar-refractivity contribution in [1.82, 2.24) is 14.8 Å². The summed E-state index contributed by atoms with van der Waals surface area (Å²) in [6.45, 7) is 2.10. The zero-order valence-corrected chi connectivity index (χ0v) is 18.3. The molecular weight excluding hydrogens is 418 g/mol. The van der Waals surface area contributed by atoms with E-state index in [9.17, 15) is 0 Å². The lowest BCUT2D eigenvalue weighted by Crippen LogP contribution is -2.01. The first-order valence-corrected chi connectivity index (χ1v) is 11.6. The van der Waals surface area contributed by atoms with Crippen molar-refractivity contribution in [3.05, 3.63) is 101 Å². The van der Waals surface area contributed by atoms with Crippen LogP contribution in [0.3, 0.4) is 0 Å². The number of aromatic nitrogens is 3. The predicted octanol–water partition coefficient (Wildman–Crippen LogP) is 6.81. The summed E-state index contributed by atoms with van der Waals surface area (Å²) in [7, 11) is 0. The number of aryl methyl sites for hydroxylation is 1. The van der Waals surface area contributed by atoms with E-state index in [0.717, 1.165) is 33.2 Å². The van der Waals surface area contributed by atoms with Crippen molar-refractivity contribution in [3.8, 4) is 5.69 Å². The van der Waals surface area contributed by atoms with Gasteiger partial charge in [-0.25, -0.2) is 0 Å². The van der Waals surface area contributed by atoms with Crippen LogP contribution in [-0.4, -0.2) is 14.8 Å². The fourth-order valence-corrected chi connectivity index (χ4v) is 4.70. The molecule has 0 aliphatic heterocycles. The minimum atomic E-state index is 0.751. The van der Waals surface area contributed by atoms with Gasteiger partial charge in [-0.1, -0.05) is 71.4 Å². The molecule has 0 saturated carbocycles. The van der Waals surface area contributed by atoms with Gasteiger partial charge in [0.25, 0.3) is 0 Å². The third-order valence-corrected chi connectivity index (χ3v) is 6.64.